The van der Waals surface area contributed by atoms with Crippen LogP contribution in [0, 0.1) is 22.7 Å². The summed E-state index contributed by atoms with van der Waals surface area (Å²) in [5.74, 6) is 0.744. The van der Waals surface area contributed by atoms with Gasteiger partial charge in [-0.3, -0.25) is 4.90 Å². The van der Waals surface area contributed by atoms with Crippen molar-refractivity contribution < 1.29 is 24.1 Å². The van der Waals surface area contributed by atoms with E-state index in [9.17, 15) is 20.4 Å². The fourth-order valence-electron chi connectivity index (χ4n) is 4.50. The lowest BCUT2D eigenvalue weighted by atomic mass is 9.83. The predicted octanol–water partition coefficient (Wildman–Crippen LogP) is 4.66. The van der Waals surface area contributed by atoms with E-state index >= 15 is 0 Å². The number of aliphatic hydroxyl groups is 1. The smallest absolute Gasteiger partial charge is 0.414 e. The molecule has 41 heavy (non-hydrogen) atoms. The molecule has 0 spiro atoms. The maximum atomic E-state index is 13.1. The van der Waals surface area contributed by atoms with Crippen molar-refractivity contribution in [1.29, 1.82) is 10.5 Å². The number of ether oxygens (including phenoxy) is 3. The van der Waals surface area contributed by atoms with Crippen LogP contribution in [0.4, 0.5) is 22.1 Å². The van der Waals surface area contributed by atoms with Crippen LogP contribution in [0.1, 0.15) is 44.4 Å². The van der Waals surface area contributed by atoms with Gasteiger partial charge in [0.15, 0.2) is 0 Å². The molecule has 0 aliphatic carbocycles. The van der Waals surface area contributed by atoms with Crippen LogP contribution in [-0.4, -0.2) is 60.2 Å². The predicted molar refractivity (Wildman–Crippen MR) is 152 cm³/mol. The Morgan fingerprint density at radius 2 is 1.95 bits per heavy atom. The van der Waals surface area contributed by atoms with Crippen LogP contribution in [0.25, 0.3) is 11.3 Å². The highest BCUT2D eigenvalue weighted by atomic mass is 16.6. The molecule has 2 aromatic carbocycles. The molecule has 1 aliphatic rings. The van der Waals surface area contributed by atoms with Gasteiger partial charge in [-0.25, -0.2) is 14.8 Å². The van der Waals surface area contributed by atoms with E-state index in [1.165, 1.54) is 4.90 Å². The molecular weight excluding hydrogens is 524 g/mol. The molecule has 2 N–H and O–H groups in total. The summed E-state index contributed by atoms with van der Waals surface area (Å²) in [6.45, 7) is 7.77. The highest BCUT2D eigenvalue weighted by molar-refractivity contribution is 5.95. The lowest BCUT2D eigenvalue weighted by molar-refractivity contribution is 0.0575. The van der Waals surface area contributed by atoms with Gasteiger partial charge in [0.1, 0.15) is 24.0 Å². The van der Waals surface area contributed by atoms with E-state index in [1.807, 2.05) is 13.0 Å². The largest absolute Gasteiger partial charge is 0.489 e. The Bertz CT molecular complexity index is 1540. The molecule has 1 aliphatic heterocycles. The van der Waals surface area contributed by atoms with Gasteiger partial charge in [0.05, 0.1) is 47.5 Å². The van der Waals surface area contributed by atoms with Crippen molar-refractivity contribution in [2.75, 3.05) is 43.7 Å². The minimum absolute atomic E-state index is 0.156. The number of nitrogens with zero attached hydrogens (tertiary/aromatic N) is 5. The van der Waals surface area contributed by atoms with Crippen molar-refractivity contribution in [3.8, 4) is 29.1 Å². The highest BCUT2D eigenvalue weighted by Gasteiger charge is 2.44. The molecule has 4 rings (SSSR count). The first kappa shape index (κ1) is 29.3. The second-order valence-corrected chi connectivity index (χ2v) is 10.9. The van der Waals surface area contributed by atoms with Gasteiger partial charge in [0, 0.05) is 30.8 Å². The van der Waals surface area contributed by atoms with E-state index in [1.54, 1.807) is 64.4 Å². The number of nitrogens with one attached hydrogen (secondary N) is 1. The van der Waals surface area contributed by atoms with Crippen molar-refractivity contribution in [2.24, 2.45) is 0 Å². The molecular formula is C30H32N6O5. The third-order valence-corrected chi connectivity index (χ3v) is 6.47. The number of aliphatic hydroxyl groups excluding tert-OH is 1. The van der Waals surface area contributed by atoms with Crippen LogP contribution < -0.4 is 15.0 Å². The maximum Gasteiger partial charge on any atom is 0.414 e. The zero-order valence-corrected chi connectivity index (χ0v) is 23.7. The topological polar surface area (TPSA) is 154 Å². The summed E-state index contributed by atoms with van der Waals surface area (Å²) >= 11 is 0. The normalized spacial score (nSPS) is 16.0. The van der Waals surface area contributed by atoms with Crippen molar-refractivity contribution in [3.63, 3.8) is 0 Å². The lowest BCUT2D eigenvalue weighted by Gasteiger charge is -2.26. The number of aromatic nitrogens is 2. The summed E-state index contributed by atoms with van der Waals surface area (Å²) < 4.78 is 16.4. The summed E-state index contributed by atoms with van der Waals surface area (Å²) in [6.07, 6.45) is 0.985. The molecule has 0 bridgehead atoms. The molecule has 0 unspecified atom stereocenters. The Morgan fingerprint density at radius 3 is 2.61 bits per heavy atom. The first-order valence-electron chi connectivity index (χ1n) is 13.0. The second-order valence-electron chi connectivity index (χ2n) is 10.9. The van der Waals surface area contributed by atoms with Crippen LogP contribution in [0.3, 0.4) is 0 Å². The number of carbonyl (C=O) groups excluding carboxylic acids is 1. The number of fused-ring (bicyclic) bond motifs is 1. The quantitative estimate of drug-likeness (QED) is 0.374. The first-order valence-corrected chi connectivity index (χ1v) is 13.0. The number of anilines is 3. The fraction of sp³-hybridized carbons (Fsp3) is 0.367. The van der Waals surface area contributed by atoms with Crippen LogP contribution in [-0.2, 0) is 14.9 Å². The Morgan fingerprint density at radius 1 is 1.17 bits per heavy atom. The van der Waals surface area contributed by atoms with Crippen LogP contribution >= 0.6 is 0 Å². The third-order valence-electron chi connectivity index (χ3n) is 6.47. The molecule has 11 heteroatoms. The summed E-state index contributed by atoms with van der Waals surface area (Å²) in [5, 5.41) is 32.9. The third kappa shape index (κ3) is 6.38. The number of hydrogen-bond donors (Lipinski definition) is 2. The highest BCUT2D eigenvalue weighted by Crippen LogP contribution is 2.45. The van der Waals surface area contributed by atoms with E-state index in [4.69, 9.17) is 14.2 Å². The van der Waals surface area contributed by atoms with Gasteiger partial charge in [-0.2, -0.15) is 10.5 Å². The SMILES string of the molecule is COCCOc1ccc(C#N)cc1Nc1nccc(-c2cc(C#N)c3c(c2)[C@@](C)(CO)CN3C(=O)OC(C)(C)C)n1. The zero-order chi connectivity index (χ0) is 29.8. The van der Waals surface area contributed by atoms with E-state index in [0.29, 0.717) is 52.7 Å². The van der Waals surface area contributed by atoms with Crippen molar-refractivity contribution >= 4 is 23.4 Å². The Labute approximate surface area is 238 Å². The number of carbonyl (C=O) groups is 1. The molecule has 0 saturated carbocycles. The number of nitriles is 2. The van der Waals surface area contributed by atoms with Crippen LogP contribution in [0.2, 0.25) is 0 Å². The van der Waals surface area contributed by atoms with Gasteiger partial charge < -0.3 is 24.6 Å². The minimum atomic E-state index is -0.825. The standard InChI is InChI=1S/C30H32N6O5/c1-29(2,3)41-28(38)36-17-30(4,18-37)22-14-20(13-21(16-32)26(22)36)23-8-9-33-27(34-23)35-24-12-19(15-31)6-7-25(24)40-11-10-39-5/h6-9,12-14,37H,10-11,17-18H2,1-5H3,(H,33,34,35)/t30-/m1/s1. The maximum absolute atomic E-state index is 13.1. The molecule has 1 atom stereocenters. The summed E-state index contributed by atoms with van der Waals surface area (Å²) in [5.41, 5.74) is 1.81. The second kappa shape index (κ2) is 11.8. The van der Waals surface area contributed by atoms with Gasteiger partial charge in [0.25, 0.3) is 0 Å². The van der Waals surface area contributed by atoms with E-state index in [-0.39, 0.29) is 24.7 Å². The van der Waals surface area contributed by atoms with E-state index < -0.39 is 17.1 Å². The molecule has 1 amide bonds. The van der Waals surface area contributed by atoms with E-state index in [2.05, 4.69) is 27.4 Å². The van der Waals surface area contributed by atoms with Crippen LogP contribution in [0.15, 0.2) is 42.6 Å². The van der Waals surface area contributed by atoms with Gasteiger partial charge >= 0.3 is 6.09 Å². The molecule has 1 aromatic heterocycles. The Hall–Kier alpha value is -4.71. The lowest BCUT2D eigenvalue weighted by Crippen LogP contribution is -2.40. The first-order chi connectivity index (χ1) is 19.5. The summed E-state index contributed by atoms with van der Waals surface area (Å²) in [4.78, 5) is 23.5. The zero-order valence-electron chi connectivity index (χ0n) is 23.7. The monoisotopic (exact) mass is 556 g/mol. The summed E-state index contributed by atoms with van der Waals surface area (Å²) in [6, 6.07) is 14.5. The number of rotatable bonds is 8. The molecule has 0 radical (unpaired) electrons. The Balaban J connectivity index is 1.73. The van der Waals surface area contributed by atoms with Crippen molar-refractivity contribution in [3.05, 3.63) is 59.3 Å². The van der Waals surface area contributed by atoms with Gasteiger partial charge in [-0.15, -0.1) is 0 Å². The minimum Gasteiger partial charge on any atom is -0.489 e. The van der Waals surface area contributed by atoms with E-state index in [0.717, 1.165) is 0 Å². The number of methoxy groups -OCH3 is 1. The van der Waals surface area contributed by atoms with Crippen LogP contribution in [0.5, 0.6) is 5.75 Å². The molecule has 11 nitrogen and oxygen atoms in total. The average Bonchev–Trinajstić information content (AvgIpc) is 3.26. The van der Waals surface area contributed by atoms with Gasteiger partial charge in [-0.05, 0) is 62.7 Å². The average molecular weight is 557 g/mol. The molecule has 3 aromatic rings. The molecule has 0 fully saturated rings. The number of hydrogen-bond acceptors (Lipinski definition) is 10. The number of amides is 1. The number of benzene rings is 2. The fourth-order valence-corrected chi connectivity index (χ4v) is 4.50. The van der Waals surface area contributed by atoms with Gasteiger partial charge in [0.2, 0.25) is 5.95 Å². The van der Waals surface area contributed by atoms with Crippen molar-refractivity contribution in [1.82, 2.24) is 9.97 Å². The molecule has 0 saturated heterocycles. The van der Waals surface area contributed by atoms with Crippen molar-refractivity contribution in [2.45, 2.75) is 38.7 Å². The van der Waals surface area contributed by atoms with Gasteiger partial charge in [-0.1, -0.05) is 6.92 Å². The molecule has 2 heterocycles. The summed E-state index contributed by atoms with van der Waals surface area (Å²) in [7, 11) is 1.58. The molecule has 212 valence electrons. The Kier molecular flexibility index (Phi) is 8.43.